The quantitative estimate of drug-likeness (QED) is 0.657. The van der Waals surface area contributed by atoms with Crippen LogP contribution in [-0.4, -0.2) is 28.9 Å². The summed E-state index contributed by atoms with van der Waals surface area (Å²) >= 11 is 0. The van der Waals surface area contributed by atoms with Gasteiger partial charge in [0.25, 0.3) is 0 Å². The van der Waals surface area contributed by atoms with Crippen molar-refractivity contribution in [3.8, 4) is 0 Å². The molecular weight excluding hydrogens is 284 g/mol. The highest BCUT2D eigenvalue weighted by Crippen LogP contribution is 2.33. The van der Waals surface area contributed by atoms with Gasteiger partial charge >= 0.3 is 12.1 Å². The molecule has 8 heteroatoms. The Kier molecular flexibility index (Phi) is 5.07. The fraction of sp³-hybridized carbons (Fsp3) is 0.417. The highest BCUT2D eigenvalue weighted by atomic mass is 19.4. The molecule has 0 heterocycles. The second-order valence-electron chi connectivity index (χ2n) is 3.88. The van der Waals surface area contributed by atoms with Crippen LogP contribution in [0.4, 0.5) is 17.6 Å². The highest BCUT2D eigenvalue weighted by molar-refractivity contribution is 5.75. The van der Waals surface area contributed by atoms with Gasteiger partial charge in [-0.2, -0.15) is 13.2 Å². The third-order valence-corrected chi connectivity index (χ3v) is 2.46. The van der Waals surface area contributed by atoms with Crippen molar-refractivity contribution in [3.05, 3.63) is 35.1 Å². The minimum Gasteiger partial charge on any atom is -0.464 e. The number of rotatable bonds is 4. The van der Waals surface area contributed by atoms with Crippen LogP contribution in [-0.2, 0) is 15.7 Å². The summed E-state index contributed by atoms with van der Waals surface area (Å²) < 4.78 is 55.0. The molecule has 2 atom stereocenters. The largest absolute Gasteiger partial charge is 0.464 e. The third-order valence-electron chi connectivity index (χ3n) is 2.46. The molecule has 1 aromatic carbocycles. The molecule has 0 bridgehead atoms. The van der Waals surface area contributed by atoms with Crippen LogP contribution in [0, 0.1) is 5.82 Å². The molecule has 1 rings (SSSR count). The van der Waals surface area contributed by atoms with Crippen LogP contribution in [0.1, 0.15) is 24.2 Å². The molecule has 0 amide bonds. The van der Waals surface area contributed by atoms with E-state index in [1.165, 1.54) is 6.92 Å². The lowest BCUT2D eigenvalue weighted by Crippen LogP contribution is -2.30. The van der Waals surface area contributed by atoms with Gasteiger partial charge in [0.15, 0.2) is 6.10 Å². The van der Waals surface area contributed by atoms with Gasteiger partial charge in [0, 0.05) is 0 Å². The van der Waals surface area contributed by atoms with Crippen molar-refractivity contribution in [2.24, 2.45) is 0 Å². The van der Waals surface area contributed by atoms with Gasteiger partial charge in [-0.1, -0.05) is 6.07 Å². The number of carbonyl (C=O) groups excluding carboxylic acids is 1. The Morgan fingerprint density at radius 1 is 1.35 bits per heavy atom. The SMILES string of the molecule is CCOC(=O)C(O)C(O)c1ccc(F)c(C(F)(F)F)c1. The minimum atomic E-state index is -4.95. The molecule has 0 radical (unpaired) electrons. The number of halogens is 4. The number of hydrogen-bond donors (Lipinski definition) is 2. The Hall–Kier alpha value is -1.67. The van der Waals surface area contributed by atoms with E-state index in [1.807, 2.05) is 0 Å². The number of esters is 1. The van der Waals surface area contributed by atoms with E-state index < -0.39 is 41.3 Å². The molecule has 4 nitrogen and oxygen atoms in total. The van der Waals surface area contributed by atoms with Gasteiger partial charge in [0.2, 0.25) is 0 Å². The summed E-state index contributed by atoms with van der Waals surface area (Å²) in [6.07, 6.45) is -8.95. The van der Waals surface area contributed by atoms with Gasteiger partial charge in [-0.25, -0.2) is 9.18 Å². The summed E-state index contributed by atoms with van der Waals surface area (Å²) in [6.45, 7) is 1.39. The summed E-state index contributed by atoms with van der Waals surface area (Å²) in [7, 11) is 0. The summed E-state index contributed by atoms with van der Waals surface area (Å²) in [5.41, 5.74) is -2.04. The van der Waals surface area contributed by atoms with E-state index in [9.17, 15) is 32.6 Å². The van der Waals surface area contributed by atoms with Crippen LogP contribution in [0.2, 0.25) is 0 Å². The van der Waals surface area contributed by atoms with Crippen LogP contribution in [0.25, 0.3) is 0 Å². The van der Waals surface area contributed by atoms with E-state index in [0.29, 0.717) is 12.1 Å². The van der Waals surface area contributed by atoms with Crippen LogP contribution in [0.5, 0.6) is 0 Å². The van der Waals surface area contributed by atoms with Gasteiger partial charge in [-0.3, -0.25) is 0 Å². The average molecular weight is 296 g/mol. The molecule has 0 fully saturated rings. The Balaban J connectivity index is 3.05. The molecule has 112 valence electrons. The predicted molar refractivity (Wildman–Crippen MR) is 59.0 cm³/mol. The number of aliphatic hydroxyl groups is 2. The van der Waals surface area contributed by atoms with E-state index in [1.54, 1.807) is 0 Å². The first kappa shape index (κ1) is 16.4. The van der Waals surface area contributed by atoms with Crippen molar-refractivity contribution >= 4 is 5.97 Å². The highest BCUT2D eigenvalue weighted by Gasteiger charge is 2.36. The first-order valence-corrected chi connectivity index (χ1v) is 5.58. The molecule has 2 N–H and O–H groups in total. The smallest absolute Gasteiger partial charge is 0.419 e. The normalized spacial score (nSPS) is 14.8. The number of carbonyl (C=O) groups is 1. The molecule has 0 spiro atoms. The standard InChI is InChI=1S/C12H12F4O4/c1-2-20-11(19)10(18)9(17)6-3-4-8(13)7(5-6)12(14,15)16/h3-5,9-10,17-18H,2H2,1H3. The zero-order chi connectivity index (χ0) is 15.5. The fourth-order valence-corrected chi connectivity index (χ4v) is 1.48. The molecule has 0 aliphatic rings. The predicted octanol–water partition coefficient (Wildman–Crippen LogP) is 1.80. The first-order valence-electron chi connectivity index (χ1n) is 5.58. The number of aliphatic hydroxyl groups excluding tert-OH is 2. The lowest BCUT2D eigenvalue weighted by molar-refractivity contribution is -0.159. The molecule has 0 aliphatic heterocycles. The van der Waals surface area contributed by atoms with Crippen LogP contribution in [0.3, 0.4) is 0 Å². The maximum atomic E-state index is 13.1. The number of ether oxygens (including phenoxy) is 1. The van der Waals surface area contributed by atoms with E-state index in [4.69, 9.17) is 0 Å². The third kappa shape index (κ3) is 3.67. The van der Waals surface area contributed by atoms with Crippen LogP contribution in [0.15, 0.2) is 18.2 Å². The van der Waals surface area contributed by atoms with Gasteiger partial charge < -0.3 is 14.9 Å². The average Bonchev–Trinajstić information content (AvgIpc) is 2.36. The molecular formula is C12H12F4O4. The maximum absolute atomic E-state index is 13.1. The number of hydrogen-bond acceptors (Lipinski definition) is 4. The Labute approximate surface area is 111 Å². The molecule has 0 saturated carbocycles. The van der Waals surface area contributed by atoms with Crippen LogP contribution < -0.4 is 0 Å². The second kappa shape index (κ2) is 6.19. The molecule has 20 heavy (non-hydrogen) atoms. The fourth-order valence-electron chi connectivity index (χ4n) is 1.48. The van der Waals surface area contributed by atoms with Gasteiger partial charge in [-0.15, -0.1) is 0 Å². The maximum Gasteiger partial charge on any atom is 0.419 e. The van der Waals surface area contributed by atoms with Crippen LogP contribution >= 0.6 is 0 Å². The summed E-state index contributed by atoms with van der Waals surface area (Å²) in [5.74, 6) is -2.70. The monoisotopic (exact) mass is 296 g/mol. The number of benzene rings is 1. The molecule has 1 aromatic rings. The zero-order valence-electron chi connectivity index (χ0n) is 10.3. The topological polar surface area (TPSA) is 66.8 Å². The van der Waals surface area contributed by atoms with Crippen molar-refractivity contribution in [1.29, 1.82) is 0 Å². The molecule has 0 saturated heterocycles. The Morgan fingerprint density at radius 3 is 2.45 bits per heavy atom. The Bertz CT molecular complexity index is 487. The lowest BCUT2D eigenvalue weighted by Gasteiger charge is -2.18. The van der Waals surface area contributed by atoms with Crippen molar-refractivity contribution in [2.75, 3.05) is 6.61 Å². The minimum absolute atomic E-state index is 0.0696. The summed E-state index contributed by atoms with van der Waals surface area (Å²) in [5, 5.41) is 19.1. The van der Waals surface area contributed by atoms with Gasteiger partial charge in [0.05, 0.1) is 12.2 Å². The summed E-state index contributed by atoms with van der Waals surface area (Å²) in [4.78, 5) is 11.2. The summed E-state index contributed by atoms with van der Waals surface area (Å²) in [6, 6.07) is 1.68. The molecule has 0 aromatic heterocycles. The Morgan fingerprint density at radius 2 is 1.95 bits per heavy atom. The molecule has 2 unspecified atom stereocenters. The van der Waals surface area contributed by atoms with E-state index in [0.717, 1.165) is 6.07 Å². The number of alkyl halides is 3. The van der Waals surface area contributed by atoms with Crippen molar-refractivity contribution in [2.45, 2.75) is 25.3 Å². The van der Waals surface area contributed by atoms with Crippen molar-refractivity contribution in [3.63, 3.8) is 0 Å². The van der Waals surface area contributed by atoms with Crippen molar-refractivity contribution in [1.82, 2.24) is 0 Å². The zero-order valence-corrected chi connectivity index (χ0v) is 10.3. The lowest BCUT2D eigenvalue weighted by atomic mass is 10.0. The van der Waals surface area contributed by atoms with Gasteiger partial charge in [-0.05, 0) is 24.6 Å². The first-order chi connectivity index (χ1) is 9.18. The molecule has 0 aliphatic carbocycles. The van der Waals surface area contributed by atoms with E-state index in [-0.39, 0.29) is 6.61 Å². The second-order valence-corrected chi connectivity index (χ2v) is 3.88. The van der Waals surface area contributed by atoms with E-state index >= 15 is 0 Å². The van der Waals surface area contributed by atoms with Crippen molar-refractivity contribution < 1.29 is 37.3 Å². The van der Waals surface area contributed by atoms with E-state index in [2.05, 4.69) is 4.74 Å². The van der Waals surface area contributed by atoms with Gasteiger partial charge in [0.1, 0.15) is 11.9 Å².